The molecule has 0 spiro atoms. The molecule has 2 aromatic carbocycles. The number of aldehydes is 1. The van der Waals surface area contributed by atoms with Crippen LogP contribution >= 0.6 is 0 Å². The van der Waals surface area contributed by atoms with Crippen LogP contribution in [0.4, 0.5) is 4.79 Å². The third-order valence-electron chi connectivity index (χ3n) is 7.99. The van der Waals surface area contributed by atoms with Crippen molar-refractivity contribution in [2.45, 2.75) is 70.1 Å². The Hall–Kier alpha value is -3.13. The van der Waals surface area contributed by atoms with Crippen LogP contribution in [0.15, 0.2) is 65.8 Å². The van der Waals surface area contributed by atoms with Crippen molar-refractivity contribution in [1.82, 2.24) is 4.90 Å². The van der Waals surface area contributed by atoms with Gasteiger partial charge >= 0.3 is 6.09 Å². The quantitative estimate of drug-likeness (QED) is 0.102. The molecular weight excluding hydrogens is 484 g/mol. The normalized spacial score (nSPS) is 20.7. The summed E-state index contributed by atoms with van der Waals surface area (Å²) in [5.74, 6) is -0.165. The Balaban J connectivity index is 1.93. The summed E-state index contributed by atoms with van der Waals surface area (Å²) in [5.41, 5.74) is 7.43. The molecular formula is C28H38N4O4Si. The zero-order valence-corrected chi connectivity index (χ0v) is 23.2. The molecule has 2 aromatic rings. The van der Waals surface area contributed by atoms with Gasteiger partial charge in [0.15, 0.2) is 0 Å². The van der Waals surface area contributed by atoms with Crippen LogP contribution in [-0.4, -0.2) is 55.1 Å². The van der Waals surface area contributed by atoms with Crippen molar-refractivity contribution in [2.24, 2.45) is 11.0 Å². The average Bonchev–Trinajstić information content (AvgIpc) is 3.16. The molecule has 1 heterocycles. The minimum atomic E-state index is -3.27. The van der Waals surface area contributed by atoms with Crippen LogP contribution in [-0.2, 0) is 9.53 Å². The van der Waals surface area contributed by atoms with Crippen LogP contribution < -0.4 is 10.4 Å². The smallest absolute Gasteiger partial charge is 0.411 e. The lowest BCUT2D eigenvalue weighted by Gasteiger charge is -2.46. The number of hydrogen-bond donors (Lipinski definition) is 1. The zero-order chi connectivity index (χ0) is 27.1. The number of hydrogen-bond acceptors (Lipinski definition) is 5. The molecule has 1 fully saturated rings. The molecule has 0 saturated carbocycles. The van der Waals surface area contributed by atoms with Gasteiger partial charge in [0.05, 0.1) is 0 Å². The molecule has 37 heavy (non-hydrogen) atoms. The van der Waals surface area contributed by atoms with Gasteiger partial charge in [0.25, 0.3) is 8.32 Å². The fraction of sp³-hybridized carbons (Fsp3) is 0.500. The molecule has 3 rings (SSSR count). The minimum Gasteiger partial charge on any atom is -0.440 e. The van der Waals surface area contributed by atoms with Gasteiger partial charge in [-0.3, -0.25) is 4.90 Å². The predicted molar refractivity (Wildman–Crippen MR) is 147 cm³/mol. The molecule has 0 aromatic heterocycles. The van der Waals surface area contributed by atoms with Crippen molar-refractivity contribution in [2.75, 3.05) is 13.1 Å². The molecule has 1 amide bonds. The van der Waals surface area contributed by atoms with Crippen LogP contribution in [0.1, 0.15) is 53.4 Å². The second kappa shape index (κ2) is 11.9. The lowest BCUT2D eigenvalue weighted by molar-refractivity contribution is -0.116. The molecule has 3 atom stereocenters. The maximum Gasteiger partial charge on any atom is 0.411 e. The highest BCUT2D eigenvalue weighted by Crippen LogP contribution is 2.48. The van der Waals surface area contributed by atoms with E-state index in [9.17, 15) is 14.4 Å². The van der Waals surface area contributed by atoms with Gasteiger partial charge in [0.1, 0.15) is 17.9 Å². The van der Waals surface area contributed by atoms with E-state index in [0.717, 1.165) is 16.7 Å². The first-order valence-corrected chi connectivity index (χ1v) is 14.9. The summed E-state index contributed by atoms with van der Waals surface area (Å²) < 4.78 is 5.97. The van der Waals surface area contributed by atoms with Gasteiger partial charge in [-0.25, -0.2) is 4.79 Å². The Labute approximate surface area is 220 Å². The highest BCUT2D eigenvalue weighted by atomic mass is 28.4. The number of azide groups is 1. The van der Waals surface area contributed by atoms with Crippen molar-refractivity contribution in [3.8, 4) is 0 Å². The molecule has 0 unspecified atom stereocenters. The van der Waals surface area contributed by atoms with E-state index in [1.54, 1.807) is 0 Å². The number of amides is 1. The Bertz CT molecular complexity index is 1070. The summed E-state index contributed by atoms with van der Waals surface area (Å²) in [5, 5.41) is 4.82. The number of rotatable bonds is 13. The third kappa shape index (κ3) is 5.59. The number of benzene rings is 2. The van der Waals surface area contributed by atoms with Crippen LogP contribution in [0.25, 0.3) is 10.4 Å². The second-order valence-corrected chi connectivity index (χ2v) is 14.6. The van der Waals surface area contributed by atoms with Crippen LogP contribution in [0, 0.1) is 5.92 Å². The predicted octanol–water partition coefficient (Wildman–Crippen LogP) is 4.80. The van der Waals surface area contributed by atoms with Crippen molar-refractivity contribution >= 4 is 31.1 Å². The molecule has 9 heteroatoms. The van der Waals surface area contributed by atoms with Gasteiger partial charge in [0.2, 0.25) is 0 Å². The average molecular weight is 523 g/mol. The van der Waals surface area contributed by atoms with Crippen LogP contribution in [0.5, 0.6) is 0 Å². The summed E-state index contributed by atoms with van der Waals surface area (Å²) in [6.07, 6.45) is 2.77. The van der Waals surface area contributed by atoms with E-state index in [1.807, 2.05) is 74.5 Å². The Morgan fingerprint density at radius 1 is 1.16 bits per heavy atom. The first-order valence-electron chi connectivity index (χ1n) is 12.9. The first-order chi connectivity index (χ1) is 17.7. The van der Waals surface area contributed by atoms with Crippen molar-refractivity contribution in [3.63, 3.8) is 0 Å². The van der Waals surface area contributed by atoms with Gasteiger partial charge in [0, 0.05) is 23.9 Å². The SMILES string of the molecule is CC[C@@H](CC(C)(C)[Si](O)(c1ccccc1)c1ccccc1)[C@@]1(C)OC(=O)N(CCCCN=[N+]=[N-])[C@@H]1C=O. The Morgan fingerprint density at radius 2 is 1.73 bits per heavy atom. The number of nitrogens with zero attached hydrogens (tertiary/aromatic N) is 4. The van der Waals surface area contributed by atoms with Crippen LogP contribution in [0.2, 0.25) is 5.04 Å². The largest absolute Gasteiger partial charge is 0.440 e. The van der Waals surface area contributed by atoms with E-state index in [4.69, 9.17) is 10.3 Å². The van der Waals surface area contributed by atoms with Gasteiger partial charge in [-0.05, 0) is 53.5 Å². The summed E-state index contributed by atoms with van der Waals surface area (Å²) >= 11 is 0. The highest BCUT2D eigenvalue weighted by molar-refractivity contribution is 6.98. The fourth-order valence-corrected chi connectivity index (χ4v) is 9.61. The summed E-state index contributed by atoms with van der Waals surface area (Å²) in [6, 6.07) is 18.9. The summed E-state index contributed by atoms with van der Waals surface area (Å²) in [6.45, 7) is 8.76. The number of cyclic esters (lactones) is 1. The van der Waals surface area contributed by atoms with Gasteiger partial charge in [-0.2, -0.15) is 0 Å². The lowest BCUT2D eigenvalue weighted by Crippen LogP contribution is -2.66. The molecule has 0 radical (unpaired) electrons. The maximum absolute atomic E-state index is 12.9. The molecule has 8 nitrogen and oxygen atoms in total. The first kappa shape index (κ1) is 28.4. The number of carbonyl (C=O) groups excluding carboxylic acids is 2. The highest BCUT2D eigenvalue weighted by Gasteiger charge is 2.58. The zero-order valence-electron chi connectivity index (χ0n) is 22.2. The van der Waals surface area contributed by atoms with Crippen LogP contribution in [0.3, 0.4) is 0 Å². The molecule has 0 aliphatic carbocycles. The fourth-order valence-electron chi connectivity index (χ4n) is 5.83. The van der Waals surface area contributed by atoms with Gasteiger partial charge in [-0.1, -0.05) is 86.5 Å². The van der Waals surface area contributed by atoms with Gasteiger partial charge in [-0.15, -0.1) is 0 Å². The van der Waals surface area contributed by atoms with Gasteiger partial charge < -0.3 is 14.3 Å². The Kier molecular flexibility index (Phi) is 9.18. The second-order valence-electron chi connectivity index (χ2n) is 10.6. The third-order valence-corrected chi connectivity index (χ3v) is 12.5. The standard InChI is InChI=1S/C28H38N4O4Si/c1-5-22(28(4)25(21-33)32(26(34)36-28)19-13-12-18-30-31-29)20-27(2,3)37(35,23-14-8-6-9-15-23)24-16-10-7-11-17-24/h6-11,14-17,21-22,25,35H,5,12-13,18-20H2,1-4H3/t22-,25+,28+/m0/s1. The molecule has 1 aliphatic heterocycles. The van der Waals surface area contributed by atoms with E-state index in [1.165, 1.54) is 4.90 Å². The summed E-state index contributed by atoms with van der Waals surface area (Å²) in [7, 11) is -3.27. The number of unbranched alkanes of at least 4 members (excludes halogenated alkanes) is 1. The van der Waals surface area contributed by atoms with E-state index < -0.39 is 31.1 Å². The van der Waals surface area contributed by atoms with E-state index in [2.05, 4.69) is 23.9 Å². The summed E-state index contributed by atoms with van der Waals surface area (Å²) in [4.78, 5) is 42.1. The number of carbonyl (C=O) groups is 2. The van der Waals surface area contributed by atoms with Crippen molar-refractivity contribution < 1.29 is 19.1 Å². The van der Waals surface area contributed by atoms with Crippen molar-refractivity contribution in [1.29, 1.82) is 0 Å². The maximum atomic E-state index is 12.9. The molecule has 1 saturated heterocycles. The van der Waals surface area contributed by atoms with E-state index >= 15 is 0 Å². The Morgan fingerprint density at radius 3 is 2.22 bits per heavy atom. The van der Waals surface area contributed by atoms with E-state index in [-0.39, 0.29) is 5.92 Å². The topological polar surface area (TPSA) is 116 Å². The molecule has 0 bridgehead atoms. The lowest BCUT2D eigenvalue weighted by atomic mass is 9.76. The van der Waals surface area contributed by atoms with Crippen molar-refractivity contribution in [3.05, 3.63) is 71.1 Å². The molecule has 198 valence electrons. The molecule has 1 N–H and O–H groups in total. The number of ether oxygens (including phenoxy) is 1. The molecule has 1 aliphatic rings. The monoisotopic (exact) mass is 522 g/mol. The van der Waals surface area contributed by atoms with E-state index in [0.29, 0.717) is 38.8 Å². The minimum absolute atomic E-state index is 0.165.